The van der Waals surface area contributed by atoms with E-state index in [4.69, 9.17) is 9.84 Å². The minimum atomic E-state index is -2.97. The molecule has 1 aromatic rings. The molecule has 0 bridgehead atoms. The van der Waals surface area contributed by atoms with Gasteiger partial charge in [0.1, 0.15) is 11.5 Å². The predicted molar refractivity (Wildman–Crippen MR) is 50.3 cm³/mol. The van der Waals surface area contributed by atoms with Gasteiger partial charge in [0.2, 0.25) is 0 Å². The summed E-state index contributed by atoms with van der Waals surface area (Å²) in [7, 11) is 0. The number of carbonyl (C=O) groups excluding carboxylic acids is 1. The van der Waals surface area contributed by atoms with Crippen molar-refractivity contribution in [3.05, 3.63) is 23.8 Å². The number of benzene rings is 1. The lowest BCUT2D eigenvalue weighted by atomic mass is 10.2. The van der Waals surface area contributed by atoms with E-state index in [0.717, 1.165) is 6.07 Å². The third kappa shape index (κ3) is 3.82. The fourth-order valence-electron chi connectivity index (χ4n) is 1.12. The monoisotopic (exact) mass is 232 g/mol. The Morgan fingerprint density at radius 2 is 2.00 bits per heavy atom. The van der Waals surface area contributed by atoms with Crippen LogP contribution in [0.25, 0.3) is 0 Å². The van der Waals surface area contributed by atoms with Crippen LogP contribution < -0.4 is 9.47 Å². The van der Waals surface area contributed by atoms with Gasteiger partial charge in [-0.3, -0.25) is 4.79 Å². The van der Waals surface area contributed by atoms with E-state index in [9.17, 15) is 13.6 Å². The van der Waals surface area contributed by atoms with Gasteiger partial charge in [-0.05, 0) is 17.7 Å². The first-order valence-corrected chi connectivity index (χ1v) is 4.39. The zero-order valence-corrected chi connectivity index (χ0v) is 8.44. The minimum absolute atomic E-state index is 0.0506. The maximum Gasteiger partial charge on any atom is 0.387 e. The lowest BCUT2D eigenvalue weighted by Gasteiger charge is -2.08. The molecule has 0 saturated heterocycles. The van der Waals surface area contributed by atoms with Gasteiger partial charge in [0, 0.05) is 13.0 Å². The van der Waals surface area contributed by atoms with Gasteiger partial charge in [-0.25, -0.2) is 0 Å². The van der Waals surface area contributed by atoms with Gasteiger partial charge in [0.15, 0.2) is 0 Å². The molecule has 0 spiro atoms. The summed E-state index contributed by atoms with van der Waals surface area (Å²) in [6, 6.07) is 3.74. The number of hydrogen-bond donors (Lipinski definition) is 1. The SMILES string of the molecule is CC(=O)Oc1cc(CO)cc(OC(F)F)c1. The smallest absolute Gasteiger partial charge is 0.387 e. The van der Waals surface area contributed by atoms with Gasteiger partial charge in [0.05, 0.1) is 6.61 Å². The van der Waals surface area contributed by atoms with E-state index < -0.39 is 12.6 Å². The van der Waals surface area contributed by atoms with Crippen LogP contribution in [0.15, 0.2) is 18.2 Å². The first-order valence-electron chi connectivity index (χ1n) is 4.39. The number of esters is 1. The second kappa shape index (κ2) is 5.41. The highest BCUT2D eigenvalue weighted by molar-refractivity contribution is 5.69. The Balaban J connectivity index is 2.95. The molecule has 1 N–H and O–H groups in total. The summed E-state index contributed by atoms with van der Waals surface area (Å²) in [4.78, 5) is 10.7. The number of carbonyl (C=O) groups is 1. The Morgan fingerprint density at radius 1 is 1.38 bits per heavy atom. The molecule has 16 heavy (non-hydrogen) atoms. The standard InChI is InChI=1S/C10H10F2O4/c1-6(14)15-8-2-7(5-13)3-9(4-8)16-10(11)12/h2-4,10,13H,5H2,1H3. The van der Waals surface area contributed by atoms with Gasteiger partial charge < -0.3 is 14.6 Å². The first kappa shape index (κ1) is 12.4. The number of aliphatic hydroxyl groups is 1. The molecule has 6 heteroatoms. The van der Waals surface area contributed by atoms with Gasteiger partial charge in [0.25, 0.3) is 0 Å². The van der Waals surface area contributed by atoms with Crippen LogP contribution in [0.4, 0.5) is 8.78 Å². The largest absolute Gasteiger partial charge is 0.435 e. The molecule has 1 aromatic carbocycles. The Morgan fingerprint density at radius 3 is 2.50 bits per heavy atom. The number of ether oxygens (including phenoxy) is 2. The Labute approximate surface area is 90.4 Å². The summed E-state index contributed by atoms with van der Waals surface area (Å²) in [5, 5.41) is 8.87. The summed E-state index contributed by atoms with van der Waals surface area (Å²) in [6.07, 6.45) is 0. The van der Waals surface area contributed by atoms with E-state index in [-0.39, 0.29) is 18.1 Å². The molecule has 0 amide bonds. The molecule has 88 valence electrons. The molecule has 0 aliphatic heterocycles. The van der Waals surface area contributed by atoms with Crippen LogP contribution in [-0.2, 0) is 11.4 Å². The molecule has 0 unspecified atom stereocenters. The van der Waals surface area contributed by atoms with Gasteiger partial charge in [-0.1, -0.05) is 0 Å². The second-order valence-corrected chi connectivity index (χ2v) is 2.94. The Kier molecular flexibility index (Phi) is 4.19. The van der Waals surface area contributed by atoms with E-state index >= 15 is 0 Å². The molecule has 0 fully saturated rings. The van der Waals surface area contributed by atoms with Gasteiger partial charge in [-0.2, -0.15) is 8.78 Å². The van der Waals surface area contributed by atoms with Crippen LogP contribution in [0.2, 0.25) is 0 Å². The average molecular weight is 232 g/mol. The number of alkyl halides is 2. The highest BCUT2D eigenvalue weighted by atomic mass is 19.3. The molecule has 0 aliphatic carbocycles. The predicted octanol–water partition coefficient (Wildman–Crippen LogP) is 1.71. The van der Waals surface area contributed by atoms with Crippen LogP contribution in [0.5, 0.6) is 11.5 Å². The topological polar surface area (TPSA) is 55.8 Å². The zero-order valence-electron chi connectivity index (χ0n) is 8.44. The van der Waals surface area contributed by atoms with Crippen molar-refractivity contribution in [2.75, 3.05) is 0 Å². The number of hydrogen-bond acceptors (Lipinski definition) is 4. The van der Waals surface area contributed by atoms with Crippen LogP contribution in [0.1, 0.15) is 12.5 Å². The van der Waals surface area contributed by atoms with Crippen molar-refractivity contribution < 1.29 is 28.2 Å². The normalized spacial score (nSPS) is 10.3. The van der Waals surface area contributed by atoms with E-state index in [1.165, 1.54) is 19.1 Å². The van der Waals surface area contributed by atoms with Gasteiger partial charge >= 0.3 is 12.6 Å². The molecule has 0 saturated carbocycles. The molecule has 4 nitrogen and oxygen atoms in total. The zero-order chi connectivity index (χ0) is 12.1. The molecule has 0 radical (unpaired) electrons. The van der Waals surface area contributed by atoms with Crippen molar-refractivity contribution in [1.82, 2.24) is 0 Å². The quantitative estimate of drug-likeness (QED) is 0.634. The Hall–Kier alpha value is -1.69. The van der Waals surface area contributed by atoms with E-state index in [1.54, 1.807) is 0 Å². The number of aliphatic hydroxyl groups excluding tert-OH is 1. The minimum Gasteiger partial charge on any atom is -0.435 e. The van der Waals surface area contributed by atoms with Crippen LogP contribution in [0, 0.1) is 0 Å². The van der Waals surface area contributed by atoms with E-state index in [0.29, 0.717) is 5.56 Å². The summed E-state index contributed by atoms with van der Waals surface area (Å²) in [6.45, 7) is -2.16. The van der Waals surface area contributed by atoms with Gasteiger partial charge in [-0.15, -0.1) is 0 Å². The van der Waals surface area contributed by atoms with Crippen molar-refractivity contribution in [1.29, 1.82) is 0 Å². The lowest BCUT2D eigenvalue weighted by molar-refractivity contribution is -0.131. The molecular formula is C10H10F2O4. The third-order valence-electron chi connectivity index (χ3n) is 1.61. The van der Waals surface area contributed by atoms with Crippen molar-refractivity contribution >= 4 is 5.97 Å². The molecule has 0 aromatic heterocycles. The van der Waals surface area contributed by atoms with Crippen molar-refractivity contribution in [3.63, 3.8) is 0 Å². The molecule has 0 heterocycles. The van der Waals surface area contributed by atoms with Crippen LogP contribution >= 0.6 is 0 Å². The number of rotatable bonds is 4. The fraction of sp³-hybridized carbons (Fsp3) is 0.300. The van der Waals surface area contributed by atoms with E-state index in [1.807, 2.05) is 0 Å². The van der Waals surface area contributed by atoms with Crippen molar-refractivity contribution in [2.24, 2.45) is 0 Å². The summed E-state index contributed by atoms with van der Waals surface area (Å²) < 4.78 is 32.8. The van der Waals surface area contributed by atoms with Crippen molar-refractivity contribution in [3.8, 4) is 11.5 Å². The lowest BCUT2D eigenvalue weighted by Crippen LogP contribution is -2.05. The summed E-state index contributed by atoms with van der Waals surface area (Å²) in [5.74, 6) is -0.703. The third-order valence-corrected chi connectivity index (χ3v) is 1.61. The summed E-state index contributed by atoms with van der Waals surface area (Å²) >= 11 is 0. The van der Waals surface area contributed by atoms with Crippen molar-refractivity contribution in [2.45, 2.75) is 20.1 Å². The molecule has 0 atom stereocenters. The average Bonchev–Trinajstić information content (AvgIpc) is 2.14. The number of halogens is 2. The van der Waals surface area contributed by atoms with Crippen LogP contribution in [-0.4, -0.2) is 17.7 Å². The second-order valence-electron chi connectivity index (χ2n) is 2.94. The summed E-state index contributed by atoms with van der Waals surface area (Å²) in [5.41, 5.74) is 0.314. The maximum absolute atomic E-state index is 12.0. The van der Waals surface area contributed by atoms with Crippen LogP contribution in [0.3, 0.4) is 0 Å². The highest BCUT2D eigenvalue weighted by Crippen LogP contribution is 2.24. The first-order chi connectivity index (χ1) is 7.51. The Bertz CT molecular complexity index is 379. The van der Waals surface area contributed by atoms with E-state index in [2.05, 4.69) is 4.74 Å². The highest BCUT2D eigenvalue weighted by Gasteiger charge is 2.08. The maximum atomic E-state index is 12.0. The molecule has 1 rings (SSSR count). The molecular weight excluding hydrogens is 222 g/mol. The fourth-order valence-corrected chi connectivity index (χ4v) is 1.12. The molecule has 0 aliphatic rings.